The van der Waals surface area contributed by atoms with Gasteiger partial charge in [0.05, 0.1) is 11.6 Å². The van der Waals surface area contributed by atoms with Crippen molar-refractivity contribution in [1.29, 1.82) is 5.26 Å². The van der Waals surface area contributed by atoms with Crippen LogP contribution >= 0.6 is 11.6 Å². The van der Waals surface area contributed by atoms with Crippen LogP contribution in [0.15, 0.2) is 66.9 Å². The number of halogens is 4. The van der Waals surface area contributed by atoms with Gasteiger partial charge in [0.2, 0.25) is 5.91 Å². The smallest absolute Gasteiger partial charge is 0.252 e. The van der Waals surface area contributed by atoms with Crippen molar-refractivity contribution in [3.63, 3.8) is 0 Å². The van der Waals surface area contributed by atoms with Crippen LogP contribution in [-0.4, -0.2) is 56.8 Å². The van der Waals surface area contributed by atoms with E-state index in [9.17, 15) is 38.2 Å². The third-order valence-electron chi connectivity index (χ3n) is 7.65. The van der Waals surface area contributed by atoms with Gasteiger partial charge in [0.25, 0.3) is 11.8 Å². The second-order valence-corrected chi connectivity index (χ2v) is 11.4. The summed E-state index contributed by atoms with van der Waals surface area (Å²) in [5.41, 5.74) is -1.61. The fourth-order valence-corrected chi connectivity index (χ4v) is 5.75. The number of amides is 2. The first-order valence-electron chi connectivity index (χ1n) is 13.4. The van der Waals surface area contributed by atoms with E-state index in [1.54, 1.807) is 12.1 Å². The number of aliphatic hydroxyl groups is 2. The molecule has 1 unspecified atom stereocenters. The van der Waals surface area contributed by atoms with Crippen molar-refractivity contribution in [2.75, 3.05) is 9.80 Å². The molecule has 13 heteroatoms. The zero-order chi connectivity index (χ0) is 31.1. The van der Waals surface area contributed by atoms with Crippen LogP contribution < -0.4 is 15.1 Å². The number of pyridine rings is 1. The summed E-state index contributed by atoms with van der Waals surface area (Å²) in [5.74, 6) is -5.37. The quantitative estimate of drug-likeness (QED) is 0.366. The number of carbonyl (C=O) groups is 2. The average Bonchev–Trinajstić information content (AvgIpc) is 3.19. The Morgan fingerprint density at radius 1 is 1.16 bits per heavy atom. The zero-order valence-electron chi connectivity index (χ0n) is 22.8. The van der Waals surface area contributed by atoms with Crippen LogP contribution in [0.2, 0.25) is 5.02 Å². The maximum Gasteiger partial charge on any atom is 0.252 e. The Morgan fingerprint density at radius 2 is 1.88 bits per heavy atom. The van der Waals surface area contributed by atoms with Gasteiger partial charge < -0.3 is 20.4 Å². The monoisotopic (exact) mass is 613 g/mol. The number of nitriles is 1. The molecule has 2 aliphatic rings. The van der Waals surface area contributed by atoms with Crippen molar-refractivity contribution in [2.24, 2.45) is 0 Å². The van der Waals surface area contributed by atoms with Crippen molar-refractivity contribution >= 4 is 34.9 Å². The molecule has 0 radical (unpaired) electrons. The first-order chi connectivity index (χ1) is 20.3. The normalized spacial score (nSPS) is 23.6. The Kier molecular flexibility index (Phi) is 8.09. The van der Waals surface area contributed by atoms with Crippen molar-refractivity contribution < 1.29 is 33.0 Å². The molecule has 5 rings (SSSR count). The van der Waals surface area contributed by atoms with Crippen molar-refractivity contribution in [3.8, 4) is 6.07 Å². The summed E-state index contributed by atoms with van der Waals surface area (Å²) in [5, 5.41) is 34.2. The summed E-state index contributed by atoms with van der Waals surface area (Å²) < 4.78 is 41.9. The molecule has 0 bridgehead atoms. The van der Waals surface area contributed by atoms with E-state index in [0.717, 1.165) is 21.9 Å². The molecule has 3 N–H and O–H groups in total. The molecule has 2 fully saturated rings. The van der Waals surface area contributed by atoms with Crippen molar-refractivity contribution in [2.45, 2.75) is 62.1 Å². The van der Waals surface area contributed by atoms with Gasteiger partial charge in [0.1, 0.15) is 29.3 Å². The molecule has 2 heterocycles. The van der Waals surface area contributed by atoms with Crippen LogP contribution in [0.25, 0.3) is 0 Å². The number of benzene rings is 2. The van der Waals surface area contributed by atoms with Crippen LogP contribution in [0, 0.1) is 17.1 Å². The summed E-state index contributed by atoms with van der Waals surface area (Å²) >= 11 is 6.50. The molecular weight excluding hydrogens is 587 g/mol. The van der Waals surface area contributed by atoms with Crippen LogP contribution in [0.5, 0.6) is 0 Å². The Balaban J connectivity index is 1.64. The fraction of sp³-hybridized carbons (Fsp3) is 0.333. The second-order valence-electron chi connectivity index (χ2n) is 11.0. The number of rotatable bonds is 7. The van der Waals surface area contributed by atoms with Gasteiger partial charge in [-0.2, -0.15) is 5.26 Å². The Hall–Kier alpha value is -4.18. The summed E-state index contributed by atoms with van der Waals surface area (Å²) in [6, 6.07) is 11.9. The Morgan fingerprint density at radius 3 is 2.53 bits per heavy atom. The summed E-state index contributed by atoms with van der Waals surface area (Å²) in [6.45, 7) is 1.31. The number of hydrogen-bond donors (Lipinski definition) is 3. The highest BCUT2D eigenvalue weighted by atomic mass is 35.5. The van der Waals surface area contributed by atoms with Gasteiger partial charge >= 0.3 is 0 Å². The van der Waals surface area contributed by atoms with E-state index in [2.05, 4.69) is 10.3 Å². The number of carbonyl (C=O) groups excluding carboxylic acids is 2. The van der Waals surface area contributed by atoms with Crippen LogP contribution in [0.1, 0.15) is 43.4 Å². The summed E-state index contributed by atoms with van der Waals surface area (Å²) in [4.78, 5) is 34.8. The Labute approximate surface area is 250 Å². The second kappa shape index (κ2) is 11.5. The first kappa shape index (κ1) is 30.3. The topological polar surface area (TPSA) is 130 Å². The van der Waals surface area contributed by atoms with E-state index in [4.69, 9.17) is 11.6 Å². The predicted molar refractivity (Wildman–Crippen MR) is 151 cm³/mol. The van der Waals surface area contributed by atoms with Crippen molar-refractivity contribution in [1.82, 2.24) is 10.3 Å². The minimum atomic E-state index is -2.94. The number of nitrogens with zero attached hydrogens (tertiary/aromatic N) is 4. The third-order valence-corrected chi connectivity index (χ3v) is 8.00. The highest BCUT2D eigenvalue weighted by Gasteiger charge is 2.54. The molecule has 224 valence electrons. The summed E-state index contributed by atoms with van der Waals surface area (Å²) in [6.07, 6.45) is -1.89. The van der Waals surface area contributed by atoms with Gasteiger partial charge in [0, 0.05) is 47.8 Å². The first-order valence-corrected chi connectivity index (χ1v) is 13.8. The number of nitrogens with one attached hydrogen (secondary N) is 1. The van der Waals surface area contributed by atoms with Gasteiger partial charge in [-0.15, -0.1) is 0 Å². The lowest BCUT2D eigenvalue weighted by Gasteiger charge is -2.39. The molecule has 1 saturated carbocycles. The van der Waals surface area contributed by atoms with Gasteiger partial charge in [-0.3, -0.25) is 14.5 Å². The van der Waals surface area contributed by atoms with Crippen LogP contribution in [0.3, 0.4) is 0 Å². The number of aliphatic hydroxyl groups excluding tert-OH is 1. The largest absolute Gasteiger partial charge is 0.385 e. The van der Waals surface area contributed by atoms with Crippen LogP contribution in [-0.2, 0) is 9.59 Å². The van der Waals surface area contributed by atoms with E-state index in [-0.39, 0.29) is 34.1 Å². The van der Waals surface area contributed by atoms with Crippen LogP contribution in [0.4, 0.5) is 24.7 Å². The molecule has 0 spiro atoms. The summed E-state index contributed by atoms with van der Waals surface area (Å²) in [7, 11) is 0. The van der Waals surface area contributed by atoms with E-state index < -0.39 is 66.4 Å². The number of anilines is 2. The van der Waals surface area contributed by atoms with E-state index in [1.807, 2.05) is 6.07 Å². The molecule has 1 aromatic heterocycles. The molecule has 43 heavy (non-hydrogen) atoms. The molecule has 9 nitrogen and oxygen atoms in total. The van der Waals surface area contributed by atoms with Crippen molar-refractivity contribution in [3.05, 3.63) is 88.8 Å². The fourth-order valence-electron chi connectivity index (χ4n) is 5.51. The predicted octanol–water partition coefficient (Wildman–Crippen LogP) is 4.08. The van der Waals surface area contributed by atoms with E-state index in [1.165, 1.54) is 49.5 Å². The maximum absolute atomic E-state index is 14.6. The Bertz CT molecular complexity index is 1590. The SMILES string of the molecule is C[C@]1(O)C[C@@H](C(=O)N(c2cccc(F)c2)[C@H](C(=O)NC2CC(F)(F)C2)c2ccccc2Cl)N(c2cc(C#N)ccn2)C1O. The third kappa shape index (κ3) is 6.01. The number of alkyl halides is 2. The molecular formula is C30H27ClF3N5O4. The molecule has 1 aliphatic carbocycles. The molecule has 2 amide bonds. The average molecular weight is 614 g/mol. The van der Waals surface area contributed by atoms with Gasteiger partial charge in [-0.25, -0.2) is 18.2 Å². The standard InChI is InChI=1S/C30H27ClF3N5O4/c1-29(43)15-23(39(28(29)42)24-11-17(16-35)9-10-36-24)27(41)38(20-6-4-5-18(32)12-20)25(21-7-2-3-8-22(21)31)26(40)37-19-13-30(33,34)14-19/h2-12,19,23,25,28,42-43H,13-15H2,1H3,(H,37,40)/t23-,25-,28?,29-/m0/s1. The van der Waals surface area contributed by atoms with E-state index in [0.29, 0.717) is 0 Å². The van der Waals surface area contributed by atoms with E-state index >= 15 is 0 Å². The molecule has 2 aromatic carbocycles. The number of aromatic nitrogens is 1. The minimum Gasteiger partial charge on any atom is -0.385 e. The zero-order valence-corrected chi connectivity index (χ0v) is 23.5. The minimum absolute atomic E-state index is 0.00249. The highest BCUT2D eigenvalue weighted by Crippen LogP contribution is 2.41. The van der Waals surface area contributed by atoms with Gasteiger partial charge in [-0.1, -0.05) is 35.9 Å². The lowest BCUT2D eigenvalue weighted by molar-refractivity contribution is -0.133. The number of hydrogen-bond acceptors (Lipinski definition) is 7. The lowest BCUT2D eigenvalue weighted by Crippen LogP contribution is -2.56. The van der Waals surface area contributed by atoms with Gasteiger partial charge in [-0.05, 0) is 43.3 Å². The maximum atomic E-state index is 14.6. The van der Waals surface area contributed by atoms with Gasteiger partial charge in [0.15, 0.2) is 6.23 Å². The molecule has 3 aromatic rings. The lowest BCUT2D eigenvalue weighted by atomic mass is 9.87. The molecule has 4 atom stereocenters. The molecule has 1 saturated heterocycles. The highest BCUT2D eigenvalue weighted by molar-refractivity contribution is 6.31. The molecule has 1 aliphatic heterocycles.